The number of pyridine rings is 1. The second-order valence-corrected chi connectivity index (χ2v) is 4.66. The van der Waals surface area contributed by atoms with Gasteiger partial charge in [0, 0.05) is 23.0 Å². The van der Waals surface area contributed by atoms with Gasteiger partial charge in [-0.25, -0.2) is 0 Å². The first-order chi connectivity index (χ1) is 10.5. The fourth-order valence-electron chi connectivity index (χ4n) is 2.56. The fourth-order valence-corrected chi connectivity index (χ4v) is 2.56. The number of aromatic nitrogens is 2. The second-order valence-electron chi connectivity index (χ2n) is 4.66. The largest absolute Gasteiger partial charge is 0.485 e. The topological polar surface area (TPSA) is 124 Å². The summed E-state index contributed by atoms with van der Waals surface area (Å²) in [6.07, 6.45) is 1.55. The molecule has 0 unspecified atom stereocenters. The maximum absolute atomic E-state index is 11.4. The molecule has 3 aromatic rings. The average Bonchev–Trinajstić information content (AvgIpc) is 2.84. The Bertz CT molecular complexity index is 947. The molecule has 0 spiro atoms. The molecule has 0 saturated carbocycles. The molecule has 0 aliphatic heterocycles. The number of nitrogens with one attached hydrogen (secondary N) is 1. The van der Waals surface area contributed by atoms with Crippen LogP contribution in [0.5, 0.6) is 5.75 Å². The minimum absolute atomic E-state index is 0.179. The van der Waals surface area contributed by atoms with E-state index in [0.717, 1.165) is 7.11 Å². The zero-order chi connectivity index (χ0) is 16.0. The number of rotatable bonds is 3. The van der Waals surface area contributed by atoms with Crippen LogP contribution in [-0.2, 0) is 0 Å². The van der Waals surface area contributed by atoms with E-state index in [1.54, 1.807) is 19.2 Å². The number of methoxy groups -OCH3 is 1. The van der Waals surface area contributed by atoms with Crippen LogP contribution in [-0.4, -0.2) is 26.9 Å². The molecule has 1 aromatic carbocycles. The zero-order valence-corrected chi connectivity index (χ0v) is 11.6. The molecule has 3 rings (SSSR count). The van der Waals surface area contributed by atoms with Gasteiger partial charge in [-0.15, -0.1) is 0 Å². The van der Waals surface area contributed by atoms with E-state index in [0.29, 0.717) is 22.0 Å². The highest BCUT2D eigenvalue weighted by molar-refractivity contribution is 6.12. The standard InChI is InChI=1S/C13H10N4O5/c1-6-10-7(3-4-14-6)8-5-9(16(18)19)13(22-2)12(17(20)21)11(8)15-10/h3-5,15H,1-2H3. The Hall–Kier alpha value is -3.23. The summed E-state index contributed by atoms with van der Waals surface area (Å²) in [5.74, 6) is -0.375. The Morgan fingerprint density at radius 1 is 1.18 bits per heavy atom. The van der Waals surface area contributed by atoms with Gasteiger partial charge in [0.05, 0.1) is 28.2 Å². The number of H-pyrrole nitrogens is 1. The van der Waals surface area contributed by atoms with Gasteiger partial charge in [-0.3, -0.25) is 25.2 Å². The highest BCUT2D eigenvalue weighted by Gasteiger charge is 2.32. The lowest BCUT2D eigenvalue weighted by Gasteiger charge is -2.03. The van der Waals surface area contributed by atoms with Crippen molar-refractivity contribution in [1.29, 1.82) is 0 Å². The van der Waals surface area contributed by atoms with E-state index in [-0.39, 0.29) is 11.3 Å². The molecule has 9 nitrogen and oxygen atoms in total. The lowest BCUT2D eigenvalue weighted by molar-refractivity contribution is -0.394. The molecule has 2 aromatic heterocycles. The van der Waals surface area contributed by atoms with Crippen molar-refractivity contribution in [2.24, 2.45) is 0 Å². The fraction of sp³-hybridized carbons (Fsp3) is 0.154. The van der Waals surface area contributed by atoms with Gasteiger partial charge in [-0.1, -0.05) is 0 Å². The summed E-state index contributed by atoms with van der Waals surface area (Å²) < 4.78 is 4.91. The van der Waals surface area contributed by atoms with Crippen LogP contribution < -0.4 is 4.74 Å². The van der Waals surface area contributed by atoms with Crippen molar-refractivity contribution in [3.05, 3.63) is 44.3 Å². The van der Waals surface area contributed by atoms with Crippen molar-refractivity contribution < 1.29 is 14.6 Å². The third-order valence-electron chi connectivity index (χ3n) is 3.50. The zero-order valence-electron chi connectivity index (χ0n) is 11.6. The first-order valence-electron chi connectivity index (χ1n) is 6.22. The SMILES string of the molecule is COc1c([N+](=O)[O-])cc2c([nH]c3c(C)nccc32)c1[N+](=O)[O-]. The summed E-state index contributed by atoms with van der Waals surface area (Å²) in [5.41, 5.74) is 0.519. The molecular formula is C13H10N4O5. The maximum atomic E-state index is 11.4. The number of aryl methyl sites for hydroxylation is 1. The molecule has 1 N–H and O–H groups in total. The van der Waals surface area contributed by atoms with E-state index < -0.39 is 21.2 Å². The van der Waals surface area contributed by atoms with Crippen LogP contribution in [0.25, 0.3) is 21.8 Å². The summed E-state index contributed by atoms with van der Waals surface area (Å²) in [6, 6.07) is 2.93. The smallest absolute Gasteiger partial charge is 0.342 e. The van der Waals surface area contributed by atoms with Gasteiger partial charge in [-0.2, -0.15) is 0 Å². The van der Waals surface area contributed by atoms with Crippen LogP contribution in [0.4, 0.5) is 11.4 Å². The lowest BCUT2D eigenvalue weighted by atomic mass is 10.1. The van der Waals surface area contributed by atoms with Gasteiger partial charge in [0.15, 0.2) is 0 Å². The summed E-state index contributed by atoms with van der Waals surface area (Å²) in [7, 11) is 1.16. The van der Waals surface area contributed by atoms with E-state index in [2.05, 4.69) is 9.97 Å². The Labute approximate surface area is 122 Å². The molecule has 0 radical (unpaired) electrons. The van der Waals surface area contributed by atoms with Crippen LogP contribution in [0.3, 0.4) is 0 Å². The van der Waals surface area contributed by atoms with Crippen LogP contribution in [0.15, 0.2) is 18.3 Å². The van der Waals surface area contributed by atoms with Crippen LogP contribution in [0.2, 0.25) is 0 Å². The number of nitro benzene ring substituents is 2. The number of nitrogens with zero attached hydrogens (tertiary/aromatic N) is 3. The van der Waals surface area contributed by atoms with Crippen LogP contribution in [0.1, 0.15) is 5.69 Å². The molecule has 22 heavy (non-hydrogen) atoms. The number of ether oxygens (including phenoxy) is 1. The van der Waals surface area contributed by atoms with Crippen molar-refractivity contribution in [2.75, 3.05) is 7.11 Å². The summed E-state index contributed by atoms with van der Waals surface area (Å²) in [4.78, 5) is 28.3. The number of nitro groups is 2. The maximum Gasteiger partial charge on any atom is 0.342 e. The highest BCUT2D eigenvalue weighted by Crippen LogP contribution is 2.44. The lowest BCUT2D eigenvalue weighted by Crippen LogP contribution is -1.99. The number of fused-ring (bicyclic) bond motifs is 3. The monoisotopic (exact) mass is 302 g/mol. The van der Waals surface area contributed by atoms with Crippen molar-refractivity contribution in [2.45, 2.75) is 6.92 Å². The number of hydrogen-bond donors (Lipinski definition) is 1. The number of aromatic amines is 1. The quantitative estimate of drug-likeness (QED) is 0.586. The third-order valence-corrected chi connectivity index (χ3v) is 3.50. The Morgan fingerprint density at radius 3 is 2.50 bits per heavy atom. The Morgan fingerprint density at radius 2 is 1.91 bits per heavy atom. The van der Waals surface area contributed by atoms with Gasteiger partial charge in [0.25, 0.3) is 5.75 Å². The predicted octanol–water partition coefficient (Wildman–Crippen LogP) is 2.85. The summed E-state index contributed by atoms with van der Waals surface area (Å²) in [6.45, 7) is 1.75. The Balaban J connectivity index is 2.60. The van der Waals surface area contributed by atoms with Crippen LogP contribution in [0, 0.1) is 27.2 Å². The molecule has 112 valence electrons. The summed E-state index contributed by atoms with van der Waals surface area (Å²) >= 11 is 0. The van der Waals surface area contributed by atoms with Gasteiger partial charge in [-0.05, 0) is 13.0 Å². The average molecular weight is 302 g/mol. The van der Waals surface area contributed by atoms with Crippen molar-refractivity contribution in [3.63, 3.8) is 0 Å². The molecule has 0 atom stereocenters. The van der Waals surface area contributed by atoms with Crippen molar-refractivity contribution in [1.82, 2.24) is 9.97 Å². The van der Waals surface area contributed by atoms with Crippen molar-refractivity contribution >= 4 is 33.2 Å². The predicted molar refractivity (Wildman–Crippen MR) is 78.2 cm³/mol. The molecular weight excluding hydrogens is 292 g/mol. The van der Waals surface area contributed by atoms with Gasteiger partial charge >= 0.3 is 11.4 Å². The van der Waals surface area contributed by atoms with Gasteiger partial charge in [0.1, 0.15) is 5.52 Å². The molecule has 0 aliphatic rings. The molecule has 9 heteroatoms. The van der Waals surface area contributed by atoms with E-state index in [9.17, 15) is 20.2 Å². The van der Waals surface area contributed by atoms with Gasteiger partial charge < -0.3 is 9.72 Å². The summed E-state index contributed by atoms with van der Waals surface area (Å²) in [5, 5.41) is 23.6. The molecule has 0 amide bonds. The highest BCUT2D eigenvalue weighted by atomic mass is 16.6. The minimum Gasteiger partial charge on any atom is -0.485 e. The van der Waals surface area contributed by atoms with Crippen LogP contribution >= 0.6 is 0 Å². The first kappa shape index (κ1) is 13.7. The van der Waals surface area contributed by atoms with Gasteiger partial charge in [0.2, 0.25) is 0 Å². The first-order valence-corrected chi connectivity index (χ1v) is 6.22. The minimum atomic E-state index is -0.696. The van der Waals surface area contributed by atoms with Crippen molar-refractivity contribution in [3.8, 4) is 5.75 Å². The van der Waals surface area contributed by atoms with E-state index in [4.69, 9.17) is 4.74 Å². The molecule has 0 aliphatic carbocycles. The second kappa shape index (κ2) is 4.65. The third kappa shape index (κ3) is 1.75. The number of hydrogen-bond acceptors (Lipinski definition) is 6. The number of benzene rings is 1. The van der Waals surface area contributed by atoms with E-state index >= 15 is 0 Å². The molecule has 0 fully saturated rings. The molecule has 2 heterocycles. The Kier molecular flexibility index (Phi) is 2.91. The molecule has 0 bridgehead atoms. The molecule has 0 saturated heterocycles. The normalized spacial score (nSPS) is 11.0. The van der Waals surface area contributed by atoms with E-state index in [1.807, 2.05) is 0 Å². The van der Waals surface area contributed by atoms with E-state index in [1.165, 1.54) is 6.07 Å².